The zero-order chi connectivity index (χ0) is 20.8. The molecule has 0 spiro atoms. The van der Waals surface area contributed by atoms with Gasteiger partial charge in [-0.05, 0) is 40.5 Å². The molecule has 3 aliphatic carbocycles. The molecule has 1 saturated heterocycles. The van der Waals surface area contributed by atoms with E-state index in [2.05, 4.69) is 31.2 Å². The first-order valence-corrected chi connectivity index (χ1v) is 10.3. The third-order valence-electron chi connectivity index (χ3n) is 7.20. The number of nitrogens with zero attached hydrogens (tertiary/aromatic N) is 1. The molecule has 2 bridgehead atoms. The van der Waals surface area contributed by atoms with Gasteiger partial charge in [-0.2, -0.15) is 0 Å². The highest BCUT2D eigenvalue weighted by Crippen LogP contribution is 2.64. The van der Waals surface area contributed by atoms with Crippen LogP contribution in [0.15, 0.2) is 66.7 Å². The van der Waals surface area contributed by atoms with E-state index in [0.29, 0.717) is 0 Å². The fourth-order valence-electron chi connectivity index (χ4n) is 6.03. The van der Waals surface area contributed by atoms with E-state index >= 15 is 0 Å². The topological polar surface area (TPSA) is 37.4 Å². The van der Waals surface area contributed by atoms with Crippen molar-refractivity contribution in [2.75, 3.05) is 4.90 Å². The highest BCUT2D eigenvalue weighted by Gasteiger charge is 2.66. The van der Waals surface area contributed by atoms with Crippen molar-refractivity contribution in [2.45, 2.75) is 18.3 Å². The molecular formula is C25H17ClFNO2. The summed E-state index contributed by atoms with van der Waals surface area (Å²) in [6, 6.07) is 20.3. The molecule has 3 aromatic rings. The van der Waals surface area contributed by atoms with Crippen LogP contribution in [-0.2, 0) is 15.0 Å². The van der Waals surface area contributed by atoms with Crippen LogP contribution in [0, 0.1) is 17.7 Å². The van der Waals surface area contributed by atoms with Crippen LogP contribution >= 0.6 is 11.6 Å². The first-order chi connectivity index (χ1) is 14.4. The minimum absolute atomic E-state index is 0.0397. The summed E-state index contributed by atoms with van der Waals surface area (Å²) >= 11 is 5.82. The molecule has 1 fully saturated rings. The number of hydrogen-bond acceptors (Lipinski definition) is 2. The van der Waals surface area contributed by atoms with E-state index < -0.39 is 23.1 Å². The van der Waals surface area contributed by atoms with Gasteiger partial charge < -0.3 is 0 Å². The van der Waals surface area contributed by atoms with Crippen molar-refractivity contribution in [1.82, 2.24) is 0 Å². The normalized spacial score (nSPS) is 28.4. The summed E-state index contributed by atoms with van der Waals surface area (Å²) in [5.41, 5.74) is 4.01. The lowest BCUT2D eigenvalue weighted by atomic mass is 9.48. The van der Waals surface area contributed by atoms with Gasteiger partial charge in [0.1, 0.15) is 5.82 Å². The van der Waals surface area contributed by atoms with Gasteiger partial charge in [-0.15, -0.1) is 0 Å². The molecule has 3 aromatic carbocycles. The maximum absolute atomic E-state index is 14.1. The number of rotatable bonds is 1. The second-order valence-electron chi connectivity index (χ2n) is 8.47. The molecule has 1 heterocycles. The van der Waals surface area contributed by atoms with Crippen LogP contribution in [-0.4, -0.2) is 11.8 Å². The van der Waals surface area contributed by atoms with Gasteiger partial charge in [0.25, 0.3) is 0 Å². The number of hydrogen-bond donors (Lipinski definition) is 0. The average molecular weight is 418 g/mol. The third kappa shape index (κ3) is 1.95. The second kappa shape index (κ2) is 5.79. The van der Waals surface area contributed by atoms with Gasteiger partial charge in [-0.25, -0.2) is 9.29 Å². The van der Waals surface area contributed by atoms with Crippen molar-refractivity contribution < 1.29 is 14.0 Å². The molecule has 5 heteroatoms. The molecule has 7 rings (SSSR count). The van der Waals surface area contributed by atoms with Crippen LogP contribution in [0.25, 0.3) is 0 Å². The molecular weight excluding hydrogens is 401 g/mol. The Bertz CT molecular complexity index is 1220. The van der Waals surface area contributed by atoms with E-state index in [1.54, 1.807) is 0 Å². The standard InChI is InChI=1S/C25H17ClFNO2/c1-25-16-8-4-2-6-14(16)20(15-7-3-5-9-17(15)25)21-22(25)24(30)28(23(21)29)13-10-11-18(26)19(27)12-13/h2-12,20-22H,1H3/t20?,21-,22-,25?/m1/s1. The van der Waals surface area contributed by atoms with Gasteiger partial charge in [-0.3, -0.25) is 9.59 Å². The molecule has 4 aliphatic rings. The number of carbonyl (C=O) groups is 2. The predicted octanol–water partition coefficient (Wildman–Crippen LogP) is 5.05. The Labute approximate surface area is 178 Å². The van der Waals surface area contributed by atoms with Crippen LogP contribution < -0.4 is 4.90 Å². The summed E-state index contributed by atoms with van der Waals surface area (Å²) in [5.74, 6) is -2.42. The summed E-state index contributed by atoms with van der Waals surface area (Å²) in [7, 11) is 0. The van der Waals surface area contributed by atoms with Gasteiger partial charge >= 0.3 is 0 Å². The zero-order valence-corrected chi connectivity index (χ0v) is 16.9. The largest absolute Gasteiger partial charge is 0.274 e. The molecule has 2 atom stereocenters. The van der Waals surface area contributed by atoms with E-state index in [9.17, 15) is 14.0 Å². The van der Waals surface area contributed by atoms with Gasteiger partial charge in [0, 0.05) is 11.3 Å². The summed E-state index contributed by atoms with van der Waals surface area (Å²) in [4.78, 5) is 28.5. The van der Waals surface area contributed by atoms with Crippen LogP contribution in [0.3, 0.4) is 0 Å². The molecule has 1 aliphatic heterocycles. The monoisotopic (exact) mass is 417 g/mol. The Morgan fingerprint density at radius 2 is 1.50 bits per heavy atom. The van der Waals surface area contributed by atoms with E-state index in [1.165, 1.54) is 18.2 Å². The van der Waals surface area contributed by atoms with Crippen LogP contribution in [0.4, 0.5) is 10.1 Å². The van der Waals surface area contributed by atoms with Crippen molar-refractivity contribution in [2.24, 2.45) is 11.8 Å². The number of benzene rings is 3. The zero-order valence-electron chi connectivity index (χ0n) is 16.1. The van der Waals surface area contributed by atoms with Crippen LogP contribution in [0.1, 0.15) is 35.1 Å². The second-order valence-corrected chi connectivity index (χ2v) is 8.88. The smallest absolute Gasteiger partial charge is 0.238 e. The lowest BCUT2D eigenvalue weighted by Crippen LogP contribution is -2.51. The number of anilines is 1. The molecule has 30 heavy (non-hydrogen) atoms. The van der Waals surface area contributed by atoms with Crippen molar-refractivity contribution >= 4 is 29.1 Å². The Morgan fingerprint density at radius 1 is 0.900 bits per heavy atom. The van der Waals surface area contributed by atoms with E-state index in [-0.39, 0.29) is 28.4 Å². The van der Waals surface area contributed by atoms with E-state index in [0.717, 1.165) is 27.2 Å². The first-order valence-electron chi connectivity index (χ1n) is 9.96. The van der Waals surface area contributed by atoms with Gasteiger partial charge in [0.05, 0.1) is 22.5 Å². The maximum atomic E-state index is 14.1. The van der Waals surface area contributed by atoms with Crippen LogP contribution in [0.2, 0.25) is 5.02 Å². The molecule has 0 saturated carbocycles. The average Bonchev–Trinajstić information content (AvgIpc) is 3.02. The minimum Gasteiger partial charge on any atom is -0.274 e. The van der Waals surface area contributed by atoms with Crippen molar-refractivity contribution in [3.05, 3.63) is 99.8 Å². The SMILES string of the molecule is CC12c3ccccc3C(c3ccccc31)[C@H]1C(=O)N(c3ccc(Cl)c(F)c3)C(=O)[C@@H]12. The lowest BCUT2D eigenvalue weighted by Gasteiger charge is -2.52. The molecule has 2 amide bonds. The highest BCUT2D eigenvalue weighted by atomic mass is 35.5. The summed E-state index contributed by atoms with van der Waals surface area (Å²) in [6.45, 7) is 2.06. The number of imide groups is 1. The molecule has 0 aromatic heterocycles. The van der Waals surface area contributed by atoms with E-state index in [1.807, 2.05) is 24.3 Å². The van der Waals surface area contributed by atoms with Crippen molar-refractivity contribution in [1.29, 1.82) is 0 Å². The molecule has 0 unspecified atom stereocenters. The number of carbonyl (C=O) groups excluding carboxylic acids is 2. The summed E-state index contributed by atoms with van der Waals surface area (Å²) < 4.78 is 14.1. The third-order valence-corrected chi connectivity index (χ3v) is 7.51. The Morgan fingerprint density at radius 3 is 2.10 bits per heavy atom. The quantitative estimate of drug-likeness (QED) is 0.519. The van der Waals surface area contributed by atoms with Crippen LogP contribution in [0.5, 0.6) is 0 Å². The predicted molar refractivity (Wildman–Crippen MR) is 112 cm³/mol. The highest BCUT2D eigenvalue weighted by molar-refractivity contribution is 6.31. The van der Waals surface area contributed by atoms with Crippen molar-refractivity contribution in [3.8, 4) is 0 Å². The molecule has 148 valence electrons. The van der Waals surface area contributed by atoms with Gasteiger partial charge in [0.2, 0.25) is 11.8 Å². The fraction of sp³-hybridized carbons (Fsp3) is 0.200. The molecule has 0 N–H and O–H groups in total. The van der Waals surface area contributed by atoms with E-state index in [4.69, 9.17) is 11.6 Å². The molecule has 0 radical (unpaired) electrons. The minimum atomic E-state index is -0.648. The Hall–Kier alpha value is -2.98. The number of halogens is 2. The first kappa shape index (κ1) is 17.8. The molecule has 3 nitrogen and oxygen atoms in total. The van der Waals surface area contributed by atoms with Crippen molar-refractivity contribution in [3.63, 3.8) is 0 Å². The van der Waals surface area contributed by atoms with Gasteiger partial charge in [0.15, 0.2) is 0 Å². The summed E-state index contributed by atoms with van der Waals surface area (Å²) in [6.07, 6.45) is 0. The van der Waals surface area contributed by atoms with Gasteiger partial charge in [-0.1, -0.05) is 67.1 Å². The Kier molecular flexibility index (Phi) is 3.45. The fourth-order valence-corrected chi connectivity index (χ4v) is 6.15. The maximum Gasteiger partial charge on any atom is 0.238 e. The summed E-state index contributed by atoms with van der Waals surface area (Å²) in [5, 5.41) is -0.0397. The number of amides is 2. The lowest BCUT2D eigenvalue weighted by molar-refractivity contribution is -0.123. The Balaban J connectivity index is 1.60.